The molecule has 1 aromatic carbocycles. The lowest BCUT2D eigenvalue weighted by molar-refractivity contribution is 0.102. The lowest BCUT2D eigenvalue weighted by Crippen LogP contribution is -2.13. The average molecular weight is 382 g/mol. The molecule has 0 aliphatic rings. The number of aryl methyl sites for hydroxylation is 1. The highest BCUT2D eigenvalue weighted by molar-refractivity contribution is 7.99. The van der Waals surface area contributed by atoms with E-state index in [1.807, 2.05) is 49.0 Å². The average Bonchev–Trinajstić information content (AvgIpc) is 3.07. The fourth-order valence-electron chi connectivity index (χ4n) is 2.52. The van der Waals surface area contributed by atoms with Gasteiger partial charge in [-0.2, -0.15) is 0 Å². The highest BCUT2D eigenvalue weighted by atomic mass is 32.2. The number of nitrogens with one attached hydrogen (secondary N) is 2. The Morgan fingerprint density at radius 1 is 1.30 bits per heavy atom. The number of pyridine rings is 1. The van der Waals surface area contributed by atoms with E-state index in [4.69, 9.17) is 0 Å². The van der Waals surface area contributed by atoms with Gasteiger partial charge in [0, 0.05) is 30.7 Å². The van der Waals surface area contributed by atoms with Crippen LogP contribution >= 0.6 is 11.8 Å². The quantitative estimate of drug-likeness (QED) is 0.611. The van der Waals surface area contributed by atoms with Crippen LogP contribution in [-0.4, -0.2) is 32.7 Å². The minimum atomic E-state index is -0.177. The lowest BCUT2D eigenvalue weighted by atomic mass is 10.1. The Hall–Kier alpha value is -2.71. The van der Waals surface area contributed by atoms with Crippen LogP contribution in [0.15, 0.2) is 54.1 Å². The molecule has 1 unspecified atom stereocenters. The predicted molar refractivity (Wildman–Crippen MR) is 107 cm³/mol. The molecule has 27 heavy (non-hydrogen) atoms. The van der Waals surface area contributed by atoms with Crippen LogP contribution < -0.4 is 10.6 Å². The normalized spacial score (nSPS) is 12.0. The van der Waals surface area contributed by atoms with Crippen LogP contribution in [-0.2, 0) is 13.6 Å². The van der Waals surface area contributed by atoms with E-state index in [0.29, 0.717) is 12.1 Å². The molecule has 0 aliphatic carbocycles. The summed E-state index contributed by atoms with van der Waals surface area (Å²) in [6.07, 6.45) is 3.28. The molecule has 0 spiro atoms. The molecule has 8 heteroatoms. The molecule has 7 nitrogen and oxygen atoms in total. The first-order valence-electron chi connectivity index (χ1n) is 8.58. The summed E-state index contributed by atoms with van der Waals surface area (Å²) in [5.41, 5.74) is 3.28. The molecule has 140 valence electrons. The molecule has 3 rings (SSSR count). The lowest BCUT2D eigenvalue weighted by Gasteiger charge is -2.13. The van der Waals surface area contributed by atoms with Gasteiger partial charge in [0.1, 0.15) is 6.33 Å². The molecule has 2 N–H and O–H groups in total. The van der Waals surface area contributed by atoms with Crippen molar-refractivity contribution < 1.29 is 4.79 Å². The molecule has 1 atom stereocenters. The Morgan fingerprint density at radius 3 is 2.81 bits per heavy atom. The first-order chi connectivity index (χ1) is 13.1. The number of benzene rings is 1. The monoisotopic (exact) mass is 382 g/mol. The maximum absolute atomic E-state index is 12.5. The van der Waals surface area contributed by atoms with Gasteiger partial charge in [-0.15, -0.1) is 10.2 Å². The smallest absolute Gasteiger partial charge is 0.257 e. The van der Waals surface area contributed by atoms with Crippen LogP contribution in [0.2, 0.25) is 0 Å². The summed E-state index contributed by atoms with van der Waals surface area (Å²) in [5, 5.41) is 15.0. The molecule has 0 aliphatic heterocycles. The molecule has 1 amide bonds. The molecule has 0 fully saturated rings. The third-order valence-electron chi connectivity index (χ3n) is 4.01. The van der Waals surface area contributed by atoms with Gasteiger partial charge in [0.05, 0.1) is 11.3 Å². The van der Waals surface area contributed by atoms with E-state index in [2.05, 4.69) is 32.7 Å². The second kappa shape index (κ2) is 8.79. The number of carbonyl (C=O) groups excluding carboxylic acids is 1. The largest absolute Gasteiger partial charge is 0.322 e. The standard InChI is InChI=1S/C19H22N6OS/c1-13(27-19-24-22-12-25(19)3)14-5-4-6-16(9-14)23-18(26)15-7-8-17(11-20-2)21-10-15/h4-10,12-13,20H,11H2,1-3H3,(H,23,26). The van der Waals surface area contributed by atoms with Crippen LogP contribution in [0.1, 0.15) is 33.8 Å². The van der Waals surface area contributed by atoms with Crippen molar-refractivity contribution in [1.29, 1.82) is 0 Å². The second-order valence-corrected chi connectivity index (χ2v) is 7.44. The minimum absolute atomic E-state index is 0.173. The van der Waals surface area contributed by atoms with E-state index in [1.54, 1.807) is 30.4 Å². The number of nitrogens with zero attached hydrogens (tertiary/aromatic N) is 4. The predicted octanol–water partition coefficient (Wildman–Crippen LogP) is 3.04. The van der Waals surface area contributed by atoms with Gasteiger partial charge in [-0.3, -0.25) is 9.78 Å². The first kappa shape index (κ1) is 19.1. The highest BCUT2D eigenvalue weighted by Gasteiger charge is 2.13. The van der Waals surface area contributed by atoms with E-state index in [9.17, 15) is 4.79 Å². The number of anilines is 1. The molecule has 0 radical (unpaired) electrons. The molecule has 0 saturated heterocycles. The van der Waals surface area contributed by atoms with Gasteiger partial charge < -0.3 is 15.2 Å². The molecular formula is C19H22N6OS. The molecule has 3 aromatic rings. The zero-order valence-corrected chi connectivity index (χ0v) is 16.3. The number of hydrogen-bond acceptors (Lipinski definition) is 6. The maximum atomic E-state index is 12.5. The highest BCUT2D eigenvalue weighted by Crippen LogP contribution is 2.34. The number of rotatable bonds is 7. The van der Waals surface area contributed by atoms with Gasteiger partial charge in [-0.25, -0.2) is 0 Å². The number of aromatic nitrogens is 4. The molecule has 0 bridgehead atoms. The van der Waals surface area contributed by atoms with E-state index in [-0.39, 0.29) is 11.2 Å². The maximum Gasteiger partial charge on any atom is 0.257 e. The molecular weight excluding hydrogens is 360 g/mol. The van der Waals surface area contributed by atoms with Crippen LogP contribution in [0.25, 0.3) is 0 Å². The number of carbonyl (C=O) groups is 1. The van der Waals surface area contributed by atoms with Crippen molar-refractivity contribution in [3.63, 3.8) is 0 Å². The van der Waals surface area contributed by atoms with Crippen LogP contribution in [0, 0.1) is 0 Å². The summed E-state index contributed by atoms with van der Waals surface area (Å²) in [6, 6.07) is 11.5. The van der Waals surface area contributed by atoms with Gasteiger partial charge >= 0.3 is 0 Å². The molecule has 2 heterocycles. The van der Waals surface area contributed by atoms with Gasteiger partial charge in [0.15, 0.2) is 5.16 Å². The van der Waals surface area contributed by atoms with Crippen LogP contribution in [0.3, 0.4) is 0 Å². The zero-order chi connectivity index (χ0) is 19.2. The molecule has 0 saturated carbocycles. The van der Waals surface area contributed by atoms with Crippen molar-refractivity contribution in [3.8, 4) is 0 Å². The third kappa shape index (κ3) is 4.93. The topological polar surface area (TPSA) is 84.7 Å². The van der Waals surface area contributed by atoms with Crippen LogP contribution in [0.5, 0.6) is 0 Å². The van der Waals surface area contributed by atoms with Crippen molar-refractivity contribution in [2.24, 2.45) is 7.05 Å². The zero-order valence-electron chi connectivity index (χ0n) is 15.5. The van der Waals surface area contributed by atoms with Crippen molar-refractivity contribution in [1.82, 2.24) is 25.1 Å². The van der Waals surface area contributed by atoms with Crippen LogP contribution in [0.4, 0.5) is 5.69 Å². The first-order valence-corrected chi connectivity index (χ1v) is 9.46. The van der Waals surface area contributed by atoms with E-state index in [1.165, 1.54) is 0 Å². The Balaban J connectivity index is 1.67. The number of amides is 1. The fraction of sp³-hybridized carbons (Fsp3) is 0.263. The Morgan fingerprint density at radius 2 is 2.15 bits per heavy atom. The molecule has 2 aromatic heterocycles. The summed E-state index contributed by atoms with van der Waals surface area (Å²) in [7, 11) is 3.78. The Labute approximate surface area is 162 Å². The minimum Gasteiger partial charge on any atom is -0.322 e. The van der Waals surface area contributed by atoms with E-state index in [0.717, 1.165) is 22.1 Å². The summed E-state index contributed by atoms with van der Waals surface area (Å²) < 4.78 is 1.89. The second-order valence-electron chi connectivity index (χ2n) is 6.13. The summed E-state index contributed by atoms with van der Waals surface area (Å²) in [4.78, 5) is 16.8. The Bertz CT molecular complexity index is 909. The third-order valence-corrected chi connectivity index (χ3v) is 5.22. The van der Waals surface area contributed by atoms with Crippen molar-refractivity contribution in [2.75, 3.05) is 12.4 Å². The summed E-state index contributed by atoms with van der Waals surface area (Å²) in [5.74, 6) is -0.177. The van der Waals surface area contributed by atoms with Crippen molar-refractivity contribution >= 4 is 23.4 Å². The van der Waals surface area contributed by atoms with Gasteiger partial charge in [-0.1, -0.05) is 23.9 Å². The summed E-state index contributed by atoms with van der Waals surface area (Å²) >= 11 is 1.62. The van der Waals surface area contributed by atoms with Gasteiger partial charge in [-0.05, 0) is 43.8 Å². The van der Waals surface area contributed by atoms with Gasteiger partial charge in [0.2, 0.25) is 0 Å². The SMILES string of the molecule is CNCc1ccc(C(=O)Nc2cccc(C(C)Sc3nncn3C)c2)cn1. The number of hydrogen-bond donors (Lipinski definition) is 2. The number of thioether (sulfide) groups is 1. The van der Waals surface area contributed by atoms with E-state index >= 15 is 0 Å². The summed E-state index contributed by atoms with van der Waals surface area (Å²) in [6.45, 7) is 2.77. The Kier molecular flexibility index (Phi) is 6.20. The van der Waals surface area contributed by atoms with Crippen molar-refractivity contribution in [2.45, 2.75) is 23.9 Å². The van der Waals surface area contributed by atoms with E-state index < -0.39 is 0 Å². The fourth-order valence-corrected chi connectivity index (χ4v) is 3.43. The van der Waals surface area contributed by atoms with Crippen molar-refractivity contribution in [3.05, 3.63) is 65.7 Å². The van der Waals surface area contributed by atoms with Gasteiger partial charge in [0.25, 0.3) is 5.91 Å².